The summed E-state index contributed by atoms with van der Waals surface area (Å²) in [5.74, 6) is 0.942. The Hall–Kier alpha value is -3.59. The molecule has 0 fully saturated rings. The van der Waals surface area contributed by atoms with E-state index in [0.717, 1.165) is 45.8 Å². The van der Waals surface area contributed by atoms with Gasteiger partial charge in [0.25, 0.3) is 0 Å². The van der Waals surface area contributed by atoms with Gasteiger partial charge in [0.05, 0.1) is 5.57 Å². The molecule has 1 unspecified atom stereocenters. The molecule has 3 aromatic rings. The largest absolute Gasteiger partial charge is 0.480 e. The summed E-state index contributed by atoms with van der Waals surface area (Å²) < 4.78 is 6.63. The fourth-order valence-corrected chi connectivity index (χ4v) is 4.78. The maximum Gasteiger partial charge on any atom is 0.165 e. The van der Waals surface area contributed by atoms with Crippen LogP contribution >= 0.6 is 0 Å². The molecule has 3 nitrogen and oxygen atoms in total. The highest BCUT2D eigenvalue weighted by Gasteiger charge is 2.39. The molecule has 166 valence electrons. The number of nitrogens with one attached hydrogen (secondary N) is 1. The van der Waals surface area contributed by atoms with E-state index < -0.39 is 6.10 Å². The summed E-state index contributed by atoms with van der Waals surface area (Å²) in [5, 5.41) is 3.57. The van der Waals surface area contributed by atoms with Gasteiger partial charge in [-0.2, -0.15) is 0 Å². The number of rotatable bonds is 4. The first-order chi connectivity index (χ1) is 15.9. The molecule has 5 rings (SSSR count). The molecule has 0 spiro atoms. The van der Waals surface area contributed by atoms with Gasteiger partial charge in [-0.1, -0.05) is 86.1 Å². The quantitative estimate of drug-likeness (QED) is 0.466. The average Bonchev–Trinajstić information content (AvgIpc) is 2.79. The van der Waals surface area contributed by atoms with Crippen molar-refractivity contribution in [3.8, 4) is 0 Å². The molecule has 0 bridgehead atoms. The van der Waals surface area contributed by atoms with Crippen LogP contribution in [0.5, 0.6) is 0 Å². The fourth-order valence-electron chi connectivity index (χ4n) is 4.78. The molecule has 1 heterocycles. The van der Waals surface area contributed by atoms with Crippen molar-refractivity contribution < 1.29 is 9.53 Å². The maximum absolute atomic E-state index is 13.6. The molecular weight excluding hydrogens is 406 g/mol. The molecule has 1 N–H and O–H groups in total. The Morgan fingerprint density at radius 1 is 0.879 bits per heavy atom. The number of hydrogen-bond acceptors (Lipinski definition) is 3. The monoisotopic (exact) mass is 435 g/mol. The van der Waals surface area contributed by atoms with Crippen molar-refractivity contribution in [3.05, 3.63) is 112 Å². The minimum Gasteiger partial charge on any atom is -0.480 e. The molecule has 3 heteroatoms. The molecule has 1 aliphatic carbocycles. The van der Waals surface area contributed by atoms with E-state index in [1.54, 1.807) is 0 Å². The molecule has 0 amide bonds. The fraction of sp³-hybridized carbons (Fsp3) is 0.233. The van der Waals surface area contributed by atoms with Crippen LogP contribution in [0.2, 0.25) is 0 Å². The van der Waals surface area contributed by atoms with E-state index in [0.29, 0.717) is 6.42 Å². The van der Waals surface area contributed by atoms with Gasteiger partial charge in [-0.25, -0.2) is 0 Å². The number of anilines is 1. The molecule has 2 aliphatic rings. The lowest BCUT2D eigenvalue weighted by Gasteiger charge is -2.37. The lowest BCUT2D eigenvalue weighted by Crippen LogP contribution is -2.32. The number of benzene rings is 3. The van der Waals surface area contributed by atoms with E-state index in [9.17, 15) is 4.79 Å². The third-order valence-electron chi connectivity index (χ3n) is 6.40. The Morgan fingerprint density at radius 3 is 2.33 bits per heavy atom. The summed E-state index contributed by atoms with van der Waals surface area (Å²) in [7, 11) is 0. The van der Waals surface area contributed by atoms with Crippen molar-refractivity contribution in [1.29, 1.82) is 0 Å². The van der Waals surface area contributed by atoms with Crippen molar-refractivity contribution in [2.75, 3.05) is 5.32 Å². The molecule has 3 aromatic carbocycles. The summed E-state index contributed by atoms with van der Waals surface area (Å²) in [6.45, 7) is 6.39. The Kier molecular flexibility index (Phi) is 5.41. The summed E-state index contributed by atoms with van der Waals surface area (Å²) in [6, 6.07) is 26.6. The predicted octanol–water partition coefficient (Wildman–Crippen LogP) is 7.32. The number of carbonyl (C=O) groups excluding carboxylic acids is 1. The summed E-state index contributed by atoms with van der Waals surface area (Å²) in [5.41, 5.74) is 6.90. The Balaban J connectivity index is 1.63. The molecular formula is C30H29NO2. The first kappa shape index (κ1) is 21.3. The predicted molar refractivity (Wildman–Crippen MR) is 134 cm³/mol. The lowest BCUT2D eigenvalue weighted by molar-refractivity contribution is -0.119. The second-order valence-electron chi connectivity index (χ2n) is 9.83. The van der Waals surface area contributed by atoms with Gasteiger partial charge in [0.1, 0.15) is 5.76 Å². The summed E-state index contributed by atoms with van der Waals surface area (Å²) in [6.07, 6.45) is 2.93. The number of para-hydroxylation sites is 1. The standard InChI is InChI=1S/C30H29NO2/c1-20-13-15-21(16-14-20)27-17-22-9-7-8-12-24(22)29(33-27)28-25(18-30(2,3)19-26(28)32)31-23-10-5-4-6-11-23/h4-17,29,31H,18-19H2,1-3H3. The Bertz CT molecular complexity index is 1250. The third-order valence-corrected chi connectivity index (χ3v) is 6.40. The summed E-state index contributed by atoms with van der Waals surface area (Å²) in [4.78, 5) is 13.6. The first-order valence-corrected chi connectivity index (χ1v) is 11.5. The van der Waals surface area contributed by atoms with Gasteiger partial charge in [0.15, 0.2) is 11.9 Å². The first-order valence-electron chi connectivity index (χ1n) is 11.5. The third kappa shape index (κ3) is 4.36. The van der Waals surface area contributed by atoms with Crippen molar-refractivity contribution in [2.24, 2.45) is 5.41 Å². The van der Waals surface area contributed by atoms with E-state index in [-0.39, 0.29) is 11.2 Å². The number of ether oxygens (including phenoxy) is 1. The zero-order valence-corrected chi connectivity index (χ0v) is 19.4. The van der Waals surface area contributed by atoms with E-state index in [2.05, 4.69) is 68.6 Å². The van der Waals surface area contributed by atoms with E-state index >= 15 is 0 Å². The van der Waals surface area contributed by atoms with Gasteiger partial charge in [-0.15, -0.1) is 0 Å². The average molecular weight is 436 g/mol. The zero-order valence-electron chi connectivity index (χ0n) is 19.4. The number of fused-ring (bicyclic) bond motifs is 1. The second kappa shape index (κ2) is 8.40. The molecule has 1 aliphatic heterocycles. The van der Waals surface area contributed by atoms with Crippen molar-refractivity contribution >= 4 is 23.3 Å². The van der Waals surface area contributed by atoms with Crippen molar-refractivity contribution in [1.82, 2.24) is 0 Å². The Morgan fingerprint density at radius 2 is 1.58 bits per heavy atom. The number of allylic oxidation sites excluding steroid dienone is 1. The van der Waals surface area contributed by atoms with Crippen molar-refractivity contribution in [2.45, 2.75) is 39.7 Å². The number of hydrogen-bond donors (Lipinski definition) is 1. The highest BCUT2D eigenvalue weighted by Crippen LogP contribution is 2.46. The number of aryl methyl sites for hydroxylation is 1. The molecule has 0 aromatic heterocycles. The van der Waals surface area contributed by atoms with Crippen LogP contribution in [-0.2, 0) is 9.53 Å². The van der Waals surface area contributed by atoms with Gasteiger partial charge >= 0.3 is 0 Å². The smallest absolute Gasteiger partial charge is 0.165 e. The molecule has 0 radical (unpaired) electrons. The number of ketones is 1. The van der Waals surface area contributed by atoms with E-state index in [1.807, 2.05) is 42.5 Å². The van der Waals surface area contributed by atoms with Gasteiger partial charge in [0, 0.05) is 28.9 Å². The van der Waals surface area contributed by atoms with Crippen LogP contribution in [0.1, 0.15) is 55.0 Å². The van der Waals surface area contributed by atoms with Crippen molar-refractivity contribution in [3.63, 3.8) is 0 Å². The van der Waals surface area contributed by atoms with Crippen LogP contribution < -0.4 is 5.32 Å². The van der Waals surface area contributed by atoms with Crippen LogP contribution in [0.15, 0.2) is 90.1 Å². The highest BCUT2D eigenvalue weighted by atomic mass is 16.5. The molecule has 0 saturated carbocycles. The topological polar surface area (TPSA) is 38.3 Å². The van der Waals surface area contributed by atoms with E-state index in [1.165, 1.54) is 5.56 Å². The van der Waals surface area contributed by atoms with Crippen LogP contribution in [0.25, 0.3) is 11.8 Å². The minimum atomic E-state index is -0.447. The summed E-state index contributed by atoms with van der Waals surface area (Å²) >= 11 is 0. The van der Waals surface area contributed by atoms with Gasteiger partial charge in [-0.05, 0) is 42.5 Å². The number of Topliss-reactive ketones (excluding diaryl/α,β-unsaturated/α-hetero) is 1. The van der Waals surface area contributed by atoms with Crippen LogP contribution in [0.3, 0.4) is 0 Å². The molecule has 33 heavy (non-hydrogen) atoms. The van der Waals surface area contributed by atoms with Crippen LogP contribution in [0, 0.1) is 12.3 Å². The SMILES string of the molecule is Cc1ccc(C2=Cc3ccccc3C(C3=C(Nc4ccccc4)CC(C)(C)CC3=O)O2)cc1. The normalized spacial score (nSPS) is 19.4. The molecule has 0 saturated heterocycles. The van der Waals surface area contributed by atoms with Crippen LogP contribution in [0.4, 0.5) is 5.69 Å². The zero-order chi connectivity index (χ0) is 23.0. The Labute approximate surface area is 195 Å². The van der Waals surface area contributed by atoms with Gasteiger partial charge in [0.2, 0.25) is 0 Å². The number of carbonyl (C=O) groups is 1. The lowest BCUT2D eigenvalue weighted by atomic mass is 9.73. The van der Waals surface area contributed by atoms with E-state index in [4.69, 9.17) is 4.74 Å². The van der Waals surface area contributed by atoms with Gasteiger partial charge < -0.3 is 10.1 Å². The maximum atomic E-state index is 13.6. The highest BCUT2D eigenvalue weighted by molar-refractivity contribution is 6.00. The minimum absolute atomic E-state index is 0.110. The molecule has 1 atom stereocenters. The van der Waals surface area contributed by atoms with Gasteiger partial charge in [-0.3, -0.25) is 4.79 Å². The second-order valence-corrected chi connectivity index (χ2v) is 9.83. The van der Waals surface area contributed by atoms with Crippen LogP contribution in [-0.4, -0.2) is 5.78 Å².